The van der Waals surface area contributed by atoms with E-state index in [9.17, 15) is 4.79 Å². The topological polar surface area (TPSA) is 49.6 Å². The molecule has 18 heavy (non-hydrogen) atoms. The third kappa shape index (κ3) is 3.95. The Balaban J connectivity index is 2.50. The molecule has 1 rings (SSSR count). The molecule has 1 saturated heterocycles. The van der Waals surface area contributed by atoms with Gasteiger partial charge in [-0.1, -0.05) is 0 Å². The van der Waals surface area contributed by atoms with E-state index in [1.165, 1.54) is 0 Å². The summed E-state index contributed by atoms with van der Waals surface area (Å²) < 4.78 is 0. The van der Waals surface area contributed by atoms with Gasteiger partial charge < -0.3 is 10.6 Å². The largest absolute Gasteiger partial charge is 0.337 e. The fraction of sp³-hybridized carbons (Fsp3) is 0.929. The molecule has 2 N–H and O–H groups in total. The summed E-state index contributed by atoms with van der Waals surface area (Å²) in [6.07, 6.45) is 1.12. The molecule has 1 aliphatic heterocycles. The zero-order valence-electron chi connectivity index (χ0n) is 12.5. The van der Waals surface area contributed by atoms with Crippen molar-refractivity contribution in [1.82, 2.24) is 9.80 Å². The highest BCUT2D eigenvalue weighted by atomic mass is 16.2. The molecular formula is C14H29N3O. The Morgan fingerprint density at radius 1 is 1.28 bits per heavy atom. The molecule has 2 unspecified atom stereocenters. The number of hydrogen-bond donors (Lipinski definition) is 1. The lowest BCUT2D eigenvalue weighted by atomic mass is 10.0. The van der Waals surface area contributed by atoms with E-state index in [0.29, 0.717) is 12.5 Å². The summed E-state index contributed by atoms with van der Waals surface area (Å²) in [5.74, 6) is 0.787. The van der Waals surface area contributed by atoms with Crippen LogP contribution in [0.2, 0.25) is 0 Å². The second kappa shape index (κ2) is 6.53. The molecule has 4 nitrogen and oxygen atoms in total. The zero-order valence-corrected chi connectivity index (χ0v) is 12.5. The smallest absolute Gasteiger partial charge is 0.237 e. The van der Waals surface area contributed by atoms with Crippen LogP contribution in [-0.2, 0) is 4.79 Å². The number of rotatable bonds is 5. The SMILES string of the molecule is CC(N)C1CCN(CC(=O)N(C(C)C)C(C)C)C1. The van der Waals surface area contributed by atoms with Crippen molar-refractivity contribution < 1.29 is 4.79 Å². The Bertz CT molecular complexity index is 268. The molecular weight excluding hydrogens is 226 g/mol. The summed E-state index contributed by atoms with van der Waals surface area (Å²) in [6, 6.07) is 0.769. The fourth-order valence-electron chi connectivity index (χ4n) is 2.88. The van der Waals surface area contributed by atoms with Gasteiger partial charge in [-0.2, -0.15) is 0 Å². The van der Waals surface area contributed by atoms with E-state index < -0.39 is 0 Å². The molecule has 0 saturated carbocycles. The summed E-state index contributed by atoms with van der Waals surface area (Å²) in [7, 11) is 0. The molecule has 1 amide bonds. The number of likely N-dealkylation sites (tertiary alicyclic amines) is 1. The second-order valence-electron chi connectivity index (χ2n) is 6.13. The second-order valence-corrected chi connectivity index (χ2v) is 6.13. The molecule has 1 fully saturated rings. The van der Waals surface area contributed by atoms with Crippen LogP contribution < -0.4 is 5.73 Å². The molecule has 1 heterocycles. The minimum atomic E-state index is 0.233. The van der Waals surface area contributed by atoms with Crippen LogP contribution in [0.25, 0.3) is 0 Å². The van der Waals surface area contributed by atoms with E-state index in [0.717, 1.165) is 19.5 Å². The monoisotopic (exact) mass is 255 g/mol. The Morgan fingerprint density at radius 3 is 2.22 bits per heavy atom. The average molecular weight is 255 g/mol. The third-order valence-electron chi connectivity index (χ3n) is 3.81. The molecule has 4 heteroatoms. The number of carbonyl (C=O) groups is 1. The van der Waals surface area contributed by atoms with Crippen molar-refractivity contribution in [2.24, 2.45) is 11.7 Å². The predicted octanol–water partition coefficient (Wildman–Crippen LogP) is 1.30. The van der Waals surface area contributed by atoms with Crippen LogP contribution in [-0.4, -0.2) is 53.5 Å². The van der Waals surface area contributed by atoms with E-state index in [2.05, 4.69) is 39.5 Å². The van der Waals surface area contributed by atoms with Crippen LogP contribution in [0.5, 0.6) is 0 Å². The molecule has 0 aromatic carbocycles. The molecule has 106 valence electrons. The van der Waals surface area contributed by atoms with E-state index in [1.807, 2.05) is 4.90 Å². The van der Waals surface area contributed by atoms with Gasteiger partial charge in [0.05, 0.1) is 6.54 Å². The normalized spacial score (nSPS) is 22.8. The molecule has 0 bridgehead atoms. The molecule has 0 radical (unpaired) electrons. The van der Waals surface area contributed by atoms with Crippen molar-refractivity contribution >= 4 is 5.91 Å². The summed E-state index contributed by atoms with van der Waals surface area (Å²) in [4.78, 5) is 16.5. The van der Waals surface area contributed by atoms with Crippen LogP contribution in [0.1, 0.15) is 41.0 Å². The molecule has 0 aromatic rings. The van der Waals surface area contributed by atoms with E-state index >= 15 is 0 Å². The van der Waals surface area contributed by atoms with Gasteiger partial charge in [0, 0.05) is 24.7 Å². The minimum Gasteiger partial charge on any atom is -0.337 e. The first-order chi connectivity index (χ1) is 8.32. The van der Waals surface area contributed by atoms with Gasteiger partial charge in [0.25, 0.3) is 0 Å². The maximum atomic E-state index is 12.3. The number of amides is 1. The highest BCUT2D eigenvalue weighted by molar-refractivity contribution is 5.78. The van der Waals surface area contributed by atoms with Gasteiger partial charge in [-0.3, -0.25) is 9.69 Å². The van der Waals surface area contributed by atoms with Gasteiger partial charge in [0.2, 0.25) is 5.91 Å². The molecule has 0 aromatic heterocycles. The van der Waals surface area contributed by atoms with Gasteiger partial charge in [-0.25, -0.2) is 0 Å². The maximum absolute atomic E-state index is 12.3. The molecule has 1 aliphatic rings. The van der Waals surface area contributed by atoms with Crippen LogP contribution in [0.3, 0.4) is 0 Å². The number of nitrogens with zero attached hydrogens (tertiary/aromatic N) is 2. The van der Waals surface area contributed by atoms with Crippen LogP contribution in [0.15, 0.2) is 0 Å². The maximum Gasteiger partial charge on any atom is 0.237 e. The summed E-state index contributed by atoms with van der Waals surface area (Å²) in [5, 5.41) is 0. The summed E-state index contributed by atoms with van der Waals surface area (Å²) >= 11 is 0. The van der Waals surface area contributed by atoms with Crippen molar-refractivity contribution in [2.45, 2.75) is 59.2 Å². The van der Waals surface area contributed by atoms with Crippen molar-refractivity contribution in [3.63, 3.8) is 0 Å². The van der Waals surface area contributed by atoms with Gasteiger partial charge in [0.1, 0.15) is 0 Å². The van der Waals surface area contributed by atoms with Gasteiger partial charge in [0.15, 0.2) is 0 Å². The Kier molecular flexibility index (Phi) is 5.60. The number of hydrogen-bond acceptors (Lipinski definition) is 3. The third-order valence-corrected chi connectivity index (χ3v) is 3.81. The fourth-order valence-corrected chi connectivity index (χ4v) is 2.88. The highest BCUT2D eigenvalue weighted by Gasteiger charge is 2.28. The lowest BCUT2D eigenvalue weighted by Gasteiger charge is -2.32. The highest BCUT2D eigenvalue weighted by Crippen LogP contribution is 2.19. The van der Waals surface area contributed by atoms with E-state index in [-0.39, 0.29) is 24.0 Å². The van der Waals surface area contributed by atoms with Gasteiger partial charge in [-0.05, 0) is 53.5 Å². The molecule has 0 spiro atoms. The first-order valence-electron chi connectivity index (χ1n) is 7.12. The quantitative estimate of drug-likeness (QED) is 0.805. The van der Waals surface area contributed by atoms with Crippen LogP contribution >= 0.6 is 0 Å². The van der Waals surface area contributed by atoms with E-state index in [4.69, 9.17) is 5.73 Å². The summed E-state index contributed by atoms with van der Waals surface area (Å²) in [5.41, 5.74) is 5.92. The Labute approximate surface area is 111 Å². The molecule has 2 atom stereocenters. The Morgan fingerprint density at radius 2 is 1.83 bits per heavy atom. The minimum absolute atomic E-state index is 0.233. The van der Waals surface area contributed by atoms with Crippen molar-refractivity contribution in [1.29, 1.82) is 0 Å². The van der Waals surface area contributed by atoms with Gasteiger partial charge >= 0.3 is 0 Å². The lowest BCUT2D eigenvalue weighted by molar-refractivity contribution is -0.135. The van der Waals surface area contributed by atoms with Gasteiger partial charge in [-0.15, -0.1) is 0 Å². The lowest BCUT2D eigenvalue weighted by Crippen LogP contribution is -2.47. The van der Waals surface area contributed by atoms with Crippen molar-refractivity contribution in [3.05, 3.63) is 0 Å². The predicted molar refractivity (Wildman–Crippen MR) is 75.3 cm³/mol. The number of nitrogens with two attached hydrogens (primary N) is 1. The van der Waals surface area contributed by atoms with Crippen LogP contribution in [0.4, 0.5) is 0 Å². The number of carbonyl (C=O) groups excluding carboxylic acids is 1. The first kappa shape index (κ1) is 15.4. The first-order valence-corrected chi connectivity index (χ1v) is 7.12. The van der Waals surface area contributed by atoms with Crippen molar-refractivity contribution in [2.75, 3.05) is 19.6 Å². The molecule has 0 aliphatic carbocycles. The zero-order chi connectivity index (χ0) is 13.9. The standard InChI is InChI=1S/C14H29N3O/c1-10(2)17(11(3)4)14(18)9-16-7-6-13(8-16)12(5)15/h10-13H,6-9,15H2,1-5H3. The van der Waals surface area contributed by atoms with Crippen LogP contribution in [0, 0.1) is 5.92 Å². The Hall–Kier alpha value is -0.610. The summed E-state index contributed by atoms with van der Waals surface area (Å²) in [6.45, 7) is 12.9. The van der Waals surface area contributed by atoms with Crippen molar-refractivity contribution in [3.8, 4) is 0 Å². The average Bonchev–Trinajstić information content (AvgIpc) is 2.64. The van der Waals surface area contributed by atoms with E-state index in [1.54, 1.807) is 0 Å².